The normalized spacial score (nSPS) is 15.9. The van der Waals surface area contributed by atoms with Crippen LogP contribution in [0.25, 0.3) is 0 Å². The largest absolute Gasteiger partial charge is 0.391 e. The predicted octanol–water partition coefficient (Wildman–Crippen LogP) is 4.44. The Bertz CT molecular complexity index is 1010. The van der Waals surface area contributed by atoms with Crippen molar-refractivity contribution in [1.82, 2.24) is 26.3 Å². The Kier molecular flexibility index (Phi) is 22.8. The second-order valence-corrected chi connectivity index (χ2v) is 15.6. The summed E-state index contributed by atoms with van der Waals surface area (Å²) in [4.78, 5) is 53.3. The van der Waals surface area contributed by atoms with Crippen LogP contribution >= 0.6 is 11.8 Å². The van der Waals surface area contributed by atoms with Gasteiger partial charge in [0.25, 0.3) is 0 Å². The van der Waals surface area contributed by atoms with E-state index in [1.165, 1.54) is 0 Å². The van der Waals surface area contributed by atoms with E-state index in [0.717, 1.165) is 12.1 Å². The molecule has 4 amide bonds. The molecule has 0 fully saturated rings. The lowest BCUT2D eigenvalue weighted by Crippen LogP contribution is -2.55. The van der Waals surface area contributed by atoms with Crippen molar-refractivity contribution in [2.24, 2.45) is 40.6 Å². The fraction of sp³-hybridized carbons (Fsp3) is 0.861. The Morgan fingerprint density at radius 1 is 0.812 bits per heavy atom. The quantitative estimate of drug-likeness (QED) is 0.0739. The monoisotopic (exact) mass is 699 g/mol. The fourth-order valence-corrected chi connectivity index (χ4v) is 5.58. The van der Waals surface area contributed by atoms with E-state index in [9.17, 15) is 24.3 Å². The molecule has 11 nitrogen and oxygen atoms in total. The number of hydrogen-bond donors (Lipinski definition) is 5. The first-order chi connectivity index (χ1) is 22.4. The summed E-state index contributed by atoms with van der Waals surface area (Å²) in [5, 5.41) is 29.8. The predicted molar refractivity (Wildman–Crippen MR) is 200 cm³/mol. The Hall–Kier alpha value is -2.34. The molecule has 0 radical (unpaired) electrons. The number of nitrogens with one attached hydrogen (secondary N) is 4. The van der Waals surface area contributed by atoms with Crippen LogP contribution in [-0.4, -0.2) is 95.3 Å². The molecular weight excluding hydrogens is 628 g/mol. The van der Waals surface area contributed by atoms with Crippen LogP contribution in [0.2, 0.25) is 0 Å². The topological polar surface area (TPSA) is 152 Å². The minimum absolute atomic E-state index is 0.0222. The van der Waals surface area contributed by atoms with Crippen molar-refractivity contribution in [1.29, 1.82) is 0 Å². The van der Waals surface area contributed by atoms with E-state index < -0.39 is 30.1 Å². The lowest BCUT2D eigenvalue weighted by molar-refractivity contribution is -0.133. The van der Waals surface area contributed by atoms with E-state index in [4.69, 9.17) is 5.10 Å². The molecule has 0 heterocycles. The van der Waals surface area contributed by atoms with Gasteiger partial charge in [0.15, 0.2) is 0 Å². The second kappa shape index (κ2) is 23.9. The average molecular weight is 699 g/mol. The fourth-order valence-electron chi connectivity index (χ4n) is 5.11. The third-order valence-electron chi connectivity index (χ3n) is 8.65. The van der Waals surface area contributed by atoms with Crippen LogP contribution in [-0.2, 0) is 19.2 Å². The van der Waals surface area contributed by atoms with Crippen LogP contribution in [0.3, 0.4) is 0 Å². The Labute approximate surface area is 296 Å². The first-order valence-electron chi connectivity index (χ1n) is 18.1. The lowest BCUT2D eigenvalue weighted by Gasteiger charge is -2.31. The van der Waals surface area contributed by atoms with Crippen molar-refractivity contribution in [2.75, 3.05) is 31.6 Å². The second-order valence-electron chi connectivity index (χ2n) is 14.6. The maximum Gasteiger partial charge on any atom is 0.242 e. The van der Waals surface area contributed by atoms with E-state index in [1.807, 2.05) is 73.6 Å². The van der Waals surface area contributed by atoms with Gasteiger partial charge < -0.3 is 26.4 Å². The average Bonchev–Trinajstić information content (AvgIpc) is 3.00. The first kappa shape index (κ1) is 45.7. The number of carbonyl (C=O) groups is 4. The first-order valence-corrected chi connectivity index (χ1v) is 19.4. The Morgan fingerprint density at radius 3 is 1.92 bits per heavy atom. The molecule has 0 aliphatic carbocycles. The van der Waals surface area contributed by atoms with Gasteiger partial charge in [-0.25, -0.2) is 0 Å². The highest BCUT2D eigenvalue weighted by atomic mass is 32.2. The maximum absolute atomic E-state index is 13.8. The van der Waals surface area contributed by atoms with E-state index >= 15 is 0 Å². The van der Waals surface area contributed by atoms with Gasteiger partial charge in [-0.15, -0.1) is 0 Å². The highest BCUT2D eigenvalue weighted by molar-refractivity contribution is 7.98. The molecule has 1 unspecified atom stereocenters. The summed E-state index contributed by atoms with van der Waals surface area (Å²) >= 11 is 1.59. The van der Waals surface area contributed by atoms with Crippen molar-refractivity contribution in [3.63, 3.8) is 0 Å². The number of thioether (sulfide) groups is 1. The summed E-state index contributed by atoms with van der Waals surface area (Å²) < 4.78 is 0. The maximum atomic E-state index is 13.8. The lowest BCUT2D eigenvalue weighted by atomic mass is 9.91. The molecule has 0 bridgehead atoms. The molecule has 6 atom stereocenters. The van der Waals surface area contributed by atoms with Crippen molar-refractivity contribution < 1.29 is 24.3 Å². The molecule has 0 spiro atoms. The summed E-state index contributed by atoms with van der Waals surface area (Å²) in [7, 11) is 0. The molecule has 0 aromatic carbocycles. The van der Waals surface area contributed by atoms with Crippen LogP contribution in [0.4, 0.5) is 0 Å². The molecule has 5 N–H and O–H groups in total. The number of aliphatic hydroxyl groups excluding tert-OH is 1. The minimum Gasteiger partial charge on any atom is -0.391 e. The standard InChI is InChI=1S/C36H70N6O5S/c1-14-17-37-36(47)32(25(9)10)40-33(44)26(11)20-31(43)30(19-22(3)4)39-35(46)29(16-18-48-13)38-34(45)28(24(7)8)21-42(15-2)41-27(12)23(5)6/h22-26,28-32,43H,14-21H2,1-13H3,(H,37,47)(H,38,45)(H,39,46)(H,40,44)/b41-27-/t26-,28?,29+,30+,31+,32+/m1/s1. The summed E-state index contributed by atoms with van der Waals surface area (Å²) in [6.07, 6.45) is 2.77. The molecule has 0 saturated heterocycles. The molecular formula is C36H70N6O5S. The van der Waals surface area contributed by atoms with Crippen molar-refractivity contribution in [3.05, 3.63) is 0 Å². The zero-order chi connectivity index (χ0) is 37.1. The Morgan fingerprint density at radius 2 is 1.44 bits per heavy atom. The summed E-state index contributed by atoms with van der Waals surface area (Å²) in [5.74, 6) is -1.05. The van der Waals surface area contributed by atoms with Gasteiger partial charge in [-0.3, -0.25) is 24.2 Å². The SMILES string of the molecule is CCCNC(=O)[C@@H](NC(=O)[C@H](C)C[C@H](O)[C@H](CC(C)C)NC(=O)[C@H](CCSC)NC(=O)C(CN(CC)/N=C(/C)C(C)C)C(C)C)C(C)C. The summed E-state index contributed by atoms with van der Waals surface area (Å²) in [5.41, 5.74) is 0.996. The molecule has 280 valence electrons. The number of amides is 4. The van der Waals surface area contributed by atoms with E-state index in [2.05, 4.69) is 35.1 Å². The molecule has 0 aliphatic heterocycles. The molecule has 0 aromatic heterocycles. The van der Waals surface area contributed by atoms with Crippen molar-refractivity contribution in [3.8, 4) is 0 Å². The van der Waals surface area contributed by atoms with Gasteiger partial charge in [0.2, 0.25) is 23.6 Å². The van der Waals surface area contributed by atoms with Gasteiger partial charge in [-0.1, -0.05) is 69.2 Å². The van der Waals surface area contributed by atoms with Gasteiger partial charge in [0.05, 0.1) is 18.1 Å². The zero-order valence-electron chi connectivity index (χ0n) is 32.3. The molecule has 0 aromatic rings. The molecule has 48 heavy (non-hydrogen) atoms. The number of aliphatic hydroxyl groups is 1. The van der Waals surface area contributed by atoms with Gasteiger partial charge in [-0.05, 0) is 75.2 Å². The van der Waals surface area contributed by atoms with Crippen molar-refractivity contribution >= 4 is 41.1 Å². The molecule has 0 saturated carbocycles. The summed E-state index contributed by atoms with van der Waals surface area (Å²) in [6.45, 7) is 25.3. The zero-order valence-corrected chi connectivity index (χ0v) is 33.1. The van der Waals surface area contributed by atoms with Gasteiger partial charge >= 0.3 is 0 Å². The van der Waals surface area contributed by atoms with Crippen LogP contribution in [0.5, 0.6) is 0 Å². The van der Waals surface area contributed by atoms with E-state index in [1.54, 1.807) is 18.7 Å². The minimum atomic E-state index is -1.01. The molecule has 0 rings (SSSR count). The van der Waals surface area contributed by atoms with E-state index in [-0.39, 0.29) is 53.7 Å². The van der Waals surface area contributed by atoms with Gasteiger partial charge in [0.1, 0.15) is 12.1 Å². The van der Waals surface area contributed by atoms with Crippen LogP contribution in [0, 0.1) is 35.5 Å². The van der Waals surface area contributed by atoms with Gasteiger partial charge in [0, 0.05) is 31.3 Å². The number of hydrogen-bond acceptors (Lipinski definition) is 8. The smallest absolute Gasteiger partial charge is 0.242 e. The third-order valence-corrected chi connectivity index (χ3v) is 9.29. The highest BCUT2D eigenvalue weighted by Crippen LogP contribution is 2.19. The Balaban J connectivity index is 5.86. The van der Waals surface area contributed by atoms with Crippen molar-refractivity contribution in [2.45, 2.75) is 133 Å². The van der Waals surface area contributed by atoms with E-state index in [0.29, 0.717) is 44.1 Å². The van der Waals surface area contributed by atoms with Crippen LogP contribution < -0.4 is 21.3 Å². The number of rotatable bonds is 24. The molecule has 12 heteroatoms. The highest BCUT2D eigenvalue weighted by Gasteiger charge is 2.33. The number of nitrogens with zero attached hydrogens (tertiary/aromatic N) is 2. The van der Waals surface area contributed by atoms with Gasteiger partial charge in [-0.2, -0.15) is 16.9 Å². The summed E-state index contributed by atoms with van der Waals surface area (Å²) in [6, 6.07) is -2.08. The van der Waals surface area contributed by atoms with Crippen LogP contribution in [0.1, 0.15) is 109 Å². The number of carbonyl (C=O) groups excluding carboxylic acids is 4. The van der Waals surface area contributed by atoms with Crippen LogP contribution in [0.15, 0.2) is 5.10 Å². The number of hydrazone groups is 1. The third kappa shape index (κ3) is 17.4. The molecule has 0 aliphatic rings.